The lowest BCUT2D eigenvalue weighted by Gasteiger charge is -2.33. The van der Waals surface area contributed by atoms with E-state index in [1.54, 1.807) is 6.07 Å². The molecule has 1 heterocycles. The smallest absolute Gasteiger partial charge is 0.163 e. The molecule has 3 rings (SSSR count). The molecule has 0 bridgehead atoms. The van der Waals surface area contributed by atoms with Gasteiger partial charge < -0.3 is 25.6 Å². The molecule has 5 heteroatoms. The highest BCUT2D eigenvalue weighted by molar-refractivity contribution is 5.72. The number of aliphatic hydroxyl groups excluding tert-OH is 1. The minimum Gasteiger partial charge on any atom is -0.486 e. The normalized spacial score (nSPS) is 26.2. The molecule has 5 nitrogen and oxygen atoms in total. The summed E-state index contributed by atoms with van der Waals surface area (Å²) in [5, 5.41) is 12.5. The Morgan fingerprint density at radius 1 is 1.18 bits per heavy atom. The molecule has 1 aliphatic heterocycles. The highest BCUT2D eigenvalue weighted by atomic mass is 16.6. The van der Waals surface area contributed by atoms with Gasteiger partial charge >= 0.3 is 0 Å². The second-order valence-corrected chi connectivity index (χ2v) is 4.55. The quantitative estimate of drug-likeness (QED) is 0.667. The van der Waals surface area contributed by atoms with Gasteiger partial charge in [0.2, 0.25) is 0 Å². The number of benzene rings is 1. The van der Waals surface area contributed by atoms with E-state index in [2.05, 4.69) is 5.32 Å². The van der Waals surface area contributed by atoms with Gasteiger partial charge in [-0.1, -0.05) is 0 Å². The van der Waals surface area contributed by atoms with Crippen LogP contribution in [0.2, 0.25) is 0 Å². The van der Waals surface area contributed by atoms with E-state index in [0.29, 0.717) is 30.7 Å². The summed E-state index contributed by atoms with van der Waals surface area (Å²) >= 11 is 0. The molecular weight excluding hydrogens is 220 g/mol. The number of ether oxygens (including phenoxy) is 2. The van der Waals surface area contributed by atoms with Gasteiger partial charge in [0.1, 0.15) is 13.2 Å². The average Bonchev–Trinajstić information content (AvgIpc) is 2.28. The molecule has 0 unspecified atom stereocenters. The lowest BCUT2D eigenvalue weighted by Crippen LogP contribution is -2.39. The zero-order valence-corrected chi connectivity index (χ0v) is 9.48. The van der Waals surface area contributed by atoms with Gasteiger partial charge in [0.05, 0.1) is 17.5 Å². The third-order valence-corrected chi connectivity index (χ3v) is 3.19. The third kappa shape index (κ3) is 1.98. The standard InChI is InChI=1S/C12H16N2O3/c13-9-5-11-12(17-2-1-16-11)6-10(9)14-7-3-8(15)4-7/h5-8,14-15H,1-4,13H2. The van der Waals surface area contributed by atoms with Crippen LogP contribution in [0.4, 0.5) is 11.4 Å². The number of anilines is 2. The topological polar surface area (TPSA) is 76.7 Å². The first-order valence-electron chi connectivity index (χ1n) is 5.86. The molecule has 1 saturated carbocycles. The SMILES string of the molecule is Nc1cc2c(cc1NC1CC(O)C1)OCCO2. The van der Waals surface area contributed by atoms with E-state index < -0.39 is 0 Å². The summed E-state index contributed by atoms with van der Waals surface area (Å²) in [6.45, 7) is 1.13. The summed E-state index contributed by atoms with van der Waals surface area (Å²) in [6, 6.07) is 3.95. The van der Waals surface area contributed by atoms with Crippen molar-refractivity contribution in [2.45, 2.75) is 25.0 Å². The molecule has 1 aliphatic carbocycles. The minimum atomic E-state index is -0.175. The number of nitrogen functional groups attached to an aromatic ring is 1. The number of hydrogen-bond acceptors (Lipinski definition) is 5. The van der Waals surface area contributed by atoms with Crippen LogP contribution in [0.25, 0.3) is 0 Å². The van der Waals surface area contributed by atoms with Gasteiger partial charge in [-0.05, 0) is 12.8 Å². The first-order chi connectivity index (χ1) is 8.22. The molecule has 1 aromatic rings. The number of nitrogens with two attached hydrogens (primary N) is 1. The van der Waals surface area contributed by atoms with Gasteiger partial charge in [-0.3, -0.25) is 0 Å². The van der Waals surface area contributed by atoms with Gasteiger partial charge in [-0.25, -0.2) is 0 Å². The summed E-state index contributed by atoms with van der Waals surface area (Å²) in [7, 11) is 0. The first kappa shape index (κ1) is 10.5. The lowest BCUT2D eigenvalue weighted by atomic mass is 9.89. The van der Waals surface area contributed by atoms with Crippen LogP contribution >= 0.6 is 0 Å². The maximum absolute atomic E-state index is 9.24. The molecule has 0 aromatic heterocycles. The molecular formula is C12H16N2O3. The number of aliphatic hydroxyl groups is 1. The highest BCUT2D eigenvalue weighted by Gasteiger charge is 2.27. The molecule has 0 atom stereocenters. The monoisotopic (exact) mass is 236 g/mol. The van der Waals surface area contributed by atoms with Crippen LogP contribution in [0.1, 0.15) is 12.8 Å². The van der Waals surface area contributed by atoms with Crippen LogP contribution < -0.4 is 20.5 Å². The van der Waals surface area contributed by atoms with Crippen molar-refractivity contribution in [2.75, 3.05) is 24.3 Å². The van der Waals surface area contributed by atoms with Crippen molar-refractivity contribution in [1.82, 2.24) is 0 Å². The van der Waals surface area contributed by atoms with Crippen molar-refractivity contribution in [2.24, 2.45) is 0 Å². The summed E-state index contributed by atoms with van der Waals surface area (Å²) in [6.07, 6.45) is 1.37. The van der Waals surface area contributed by atoms with Gasteiger partial charge in [0.25, 0.3) is 0 Å². The van der Waals surface area contributed by atoms with Gasteiger partial charge in [-0.2, -0.15) is 0 Å². The lowest BCUT2D eigenvalue weighted by molar-refractivity contribution is 0.0836. The maximum atomic E-state index is 9.24. The third-order valence-electron chi connectivity index (χ3n) is 3.19. The van der Waals surface area contributed by atoms with E-state index in [0.717, 1.165) is 24.3 Å². The van der Waals surface area contributed by atoms with E-state index >= 15 is 0 Å². The molecule has 4 N–H and O–H groups in total. The maximum Gasteiger partial charge on any atom is 0.163 e. The zero-order chi connectivity index (χ0) is 11.8. The summed E-state index contributed by atoms with van der Waals surface area (Å²) in [5.74, 6) is 1.43. The first-order valence-corrected chi connectivity index (χ1v) is 5.86. The summed E-state index contributed by atoms with van der Waals surface area (Å²) in [4.78, 5) is 0. The van der Waals surface area contributed by atoms with E-state index in [9.17, 15) is 5.11 Å². The van der Waals surface area contributed by atoms with Crippen LogP contribution in [0.5, 0.6) is 11.5 Å². The molecule has 0 spiro atoms. The predicted molar refractivity (Wildman–Crippen MR) is 64.5 cm³/mol. The number of hydrogen-bond donors (Lipinski definition) is 3. The van der Waals surface area contributed by atoms with E-state index in [1.807, 2.05) is 6.07 Å². The van der Waals surface area contributed by atoms with Crippen LogP contribution in [-0.4, -0.2) is 30.5 Å². The Hall–Kier alpha value is -1.62. The van der Waals surface area contributed by atoms with Crippen molar-refractivity contribution in [3.8, 4) is 11.5 Å². The van der Waals surface area contributed by atoms with E-state index in [1.165, 1.54) is 0 Å². The second-order valence-electron chi connectivity index (χ2n) is 4.55. The Kier molecular flexibility index (Phi) is 2.48. The molecule has 1 aromatic carbocycles. The zero-order valence-electron chi connectivity index (χ0n) is 9.48. The molecule has 0 amide bonds. The van der Waals surface area contributed by atoms with Gasteiger partial charge in [0, 0.05) is 18.2 Å². The average molecular weight is 236 g/mol. The molecule has 0 radical (unpaired) electrons. The second kappa shape index (κ2) is 4.00. The molecule has 17 heavy (non-hydrogen) atoms. The summed E-state index contributed by atoms with van der Waals surface area (Å²) < 4.78 is 11.0. The van der Waals surface area contributed by atoms with Crippen LogP contribution in [0.3, 0.4) is 0 Å². The van der Waals surface area contributed by atoms with Crippen LogP contribution in [0.15, 0.2) is 12.1 Å². The Bertz CT molecular complexity index is 430. The predicted octanol–water partition coefficient (Wildman–Crippen LogP) is 0.975. The van der Waals surface area contributed by atoms with Gasteiger partial charge in [0.15, 0.2) is 11.5 Å². The van der Waals surface area contributed by atoms with E-state index in [4.69, 9.17) is 15.2 Å². The highest BCUT2D eigenvalue weighted by Crippen LogP contribution is 2.38. The van der Waals surface area contributed by atoms with Gasteiger partial charge in [-0.15, -0.1) is 0 Å². The van der Waals surface area contributed by atoms with Crippen LogP contribution in [0, 0.1) is 0 Å². The molecule has 1 fully saturated rings. The Morgan fingerprint density at radius 3 is 2.47 bits per heavy atom. The van der Waals surface area contributed by atoms with Crippen LogP contribution in [-0.2, 0) is 0 Å². The van der Waals surface area contributed by atoms with E-state index in [-0.39, 0.29) is 6.10 Å². The number of nitrogens with one attached hydrogen (secondary N) is 1. The van der Waals surface area contributed by atoms with Crippen molar-refractivity contribution >= 4 is 11.4 Å². The molecule has 2 aliphatic rings. The number of fused-ring (bicyclic) bond motifs is 1. The van der Waals surface area contributed by atoms with Crippen molar-refractivity contribution < 1.29 is 14.6 Å². The Labute approximate surface area is 99.5 Å². The Balaban J connectivity index is 1.79. The summed E-state index contributed by atoms with van der Waals surface area (Å²) in [5.41, 5.74) is 7.45. The van der Waals surface area contributed by atoms with Crippen molar-refractivity contribution in [3.05, 3.63) is 12.1 Å². The van der Waals surface area contributed by atoms with Crippen molar-refractivity contribution in [1.29, 1.82) is 0 Å². The fraction of sp³-hybridized carbons (Fsp3) is 0.500. The largest absolute Gasteiger partial charge is 0.486 e. The Morgan fingerprint density at radius 2 is 1.82 bits per heavy atom. The minimum absolute atomic E-state index is 0.175. The fourth-order valence-corrected chi connectivity index (χ4v) is 2.16. The fourth-order valence-electron chi connectivity index (χ4n) is 2.16. The molecule has 92 valence electrons. The number of rotatable bonds is 2. The van der Waals surface area contributed by atoms with Crippen molar-refractivity contribution in [3.63, 3.8) is 0 Å². The molecule has 0 saturated heterocycles.